The largest absolute Gasteiger partial charge is 0.497 e. The predicted molar refractivity (Wildman–Crippen MR) is 102 cm³/mol. The van der Waals surface area contributed by atoms with Crippen LogP contribution in [0, 0.1) is 12.8 Å². The van der Waals surface area contributed by atoms with Crippen LogP contribution in [-0.4, -0.2) is 47.6 Å². The molecule has 1 aliphatic heterocycles. The number of benzene rings is 1. The monoisotopic (exact) mass is 357 g/mol. The number of piperidine rings is 1. The van der Waals surface area contributed by atoms with E-state index in [2.05, 4.69) is 30.9 Å². The van der Waals surface area contributed by atoms with Crippen molar-refractivity contribution in [3.05, 3.63) is 29.3 Å². The molecule has 4 heteroatoms. The molecule has 1 aromatic rings. The van der Waals surface area contributed by atoms with Crippen molar-refractivity contribution in [2.24, 2.45) is 5.92 Å². The Morgan fingerprint density at radius 1 is 1.31 bits per heavy atom. The number of fused-ring (bicyclic) bond motifs is 1. The van der Waals surface area contributed by atoms with E-state index in [0.717, 1.165) is 42.3 Å². The standard InChI is InChI=1S/C22H31NO3/c1-15-4-7-19(26-3)12-20(15)21-10-11-23(14-17-5-6-17)16(2)22(21,25)9-8-18(24)13-21/h4,7,12,16-17,25H,5-6,8-11,13-14H2,1-3H3/t16-,21-,22-/m1/s1. The lowest BCUT2D eigenvalue weighted by Crippen LogP contribution is -2.70. The average molecular weight is 357 g/mol. The second-order valence-electron chi connectivity index (χ2n) is 8.77. The van der Waals surface area contributed by atoms with Crippen LogP contribution in [0.3, 0.4) is 0 Å². The molecule has 4 rings (SSSR count). The molecule has 142 valence electrons. The SMILES string of the molecule is COc1ccc(C)c([C@]23CCN(CC4CC4)[C@H](C)[C@]2(O)CCC(=O)C3)c1. The van der Waals surface area contributed by atoms with Crippen LogP contribution in [0.1, 0.15) is 56.6 Å². The molecule has 2 aliphatic carbocycles. The summed E-state index contributed by atoms with van der Waals surface area (Å²) in [5.74, 6) is 1.88. The van der Waals surface area contributed by atoms with Crippen LogP contribution in [0.25, 0.3) is 0 Å². The van der Waals surface area contributed by atoms with E-state index in [1.165, 1.54) is 12.8 Å². The molecule has 3 aliphatic rings. The molecule has 0 spiro atoms. The van der Waals surface area contributed by atoms with Gasteiger partial charge in [0.15, 0.2) is 0 Å². The summed E-state index contributed by atoms with van der Waals surface area (Å²) in [5.41, 5.74) is 0.873. The Morgan fingerprint density at radius 2 is 2.08 bits per heavy atom. The fraction of sp³-hybridized carbons (Fsp3) is 0.682. The van der Waals surface area contributed by atoms with Gasteiger partial charge in [-0.15, -0.1) is 0 Å². The minimum Gasteiger partial charge on any atom is -0.497 e. The summed E-state index contributed by atoms with van der Waals surface area (Å²) in [7, 11) is 1.67. The second-order valence-corrected chi connectivity index (χ2v) is 8.77. The van der Waals surface area contributed by atoms with Crippen molar-refractivity contribution in [2.45, 2.75) is 69.4 Å². The number of rotatable bonds is 4. The van der Waals surface area contributed by atoms with E-state index in [1.54, 1.807) is 7.11 Å². The molecule has 1 heterocycles. The molecule has 1 aromatic carbocycles. The molecule has 3 fully saturated rings. The van der Waals surface area contributed by atoms with E-state index in [0.29, 0.717) is 19.3 Å². The summed E-state index contributed by atoms with van der Waals surface area (Å²) in [6.07, 6.45) is 4.97. The maximum absolute atomic E-state index is 12.5. The van der Waals surface area contributed by atoms with Gasteiger partial charge >= 0.3 is 0 Å². The summed E-state index contributed by atoms with van der Waals surface area (Å²) >= 11 is 0. The first-order chi connectivity index (χ1) is 12.4. The Hall–Kier alpha value is -1.39. The smallest absolute Gasteiger partial charge is 0.134 e. The third-order valence-corrected chi connectivity index (χ3v) is 7.33. The third-order valence-electron chi connectivity index (χ3n) is 7.33. The van der Waals surface area contributed by atoms with Gasteiger partial charge in [0, 0.05) is 30.8 Å². The summed E-state index contributed by atoms with van der Waals surface area (Å²) in [5, 5.41) is 12.0. The van der Waals surface area contributed by atoms with Gasteiger partial charge in [-0.2, -0.15) is 0 Å². The highest BCUT2D eigenvalue weighted by Gasteiger charge is 2.61. The summed E-state index contributed by atoms with van der Waals surface area (Å²) in [4.78, 5) is 15.0. The fourth-order valence-corrected chi connectivity index (χ4v) is 5.48. The van der Waals surface area contributed by atoms with Gasteiger partial charge in [-0.05, 0) is 75.3 Å². The summed E-state index contributed by atoms with van der Waals surface area (Å²) < 4.78 is 5.47. The number of carbonyl (C=O) groups excluding carboxylic acids is 1. The van der Waals surface area contributed by atoms with E-state index < -0.39 is 11.0 Å². The number of aryl methyl sites for hydroxylation is 1. The highest BCUT2D eigenvalue weighted by atomic mass is 16.5. The van der Waals surface area contributed by atoms with Crippen LogP contribution in [0.5, 0.6) is 5.75 Å². The maximum atomic E-state index is 12.5. The molecular weight excluding hydrogens is 326 g/mol. The van der Waals surface area contributed by atoms with Crippen LogP contribution in [-0.2, 0) is 10.2 Å². The minimum atomic E-state index is -0.870. The number of hydrogen-bond donors (Lipinski definition) is 1. The van der Waals surface area contributed by atoms with Crippen LogP contribution in [0.4, 0.5) is 0 Å². The predicted octanol–water partition coefficient (Wildman–Crippen LogP) is 3.23. The molecule has 4 nitrogen and oxygen atoms in total. The molecule has 26 heavy (non-hydrogen) atoms. The zero-order chi connectivity index (χ0) is 18.5. The molecule has 3 atom stereocenters. The van der Waals surface area contributed by atoms with Gasteiger partial charge in [0.1, 0.15) is 11.5 Å². The van der Waals surface area contributed by atoms with Gasteiger partial charge < -0.3 is 9.84 Å². The topological polar surface area (TPSA) is 49.8 Å². The van der Waals surface area contributed by atoms with Crippen molar-refractivity contribution in [1.29, 1.82) is 0 Å². The molecule has 0 amide bonds. The number of hydrogen-bond acceptors (Lipinski definition) is 4. The first-order valence-electron chi connectivity index (χ1n) is 10.0. The van der Waals surface area contributed by atoms with Crippen molar-refractivity contribution < 1.29 is 14.6 Å². The number of Topliss-reactive ketones (excluding diaryl/α,β-unsaturated/α-hetero) is 1. The van der Waals surface area contributed by atoms with Gasteiger partial charge in [0.2, 0.25) is 0 Å². The van der Waals surface area contributed by atoms with Crippen molar-refractivity contribution in [2.75, 3.05) is 20.2 Å². The van der Waals surface area contributed by atoms with Crippen molar-refractivity contribution >= 4 is 5.78 Å². The van der Waals surface area contributed by atoms with Crippen molar-refractivity contribution in [3.63, 3.8) is 0 Å². The summed E-state index contributed by atoms with van der Waals surface area (Å²) in [6, 6.07) is 6.15. The number of likely N-dealkylation sites (tertiary alicyclic amines) is 1. The Morgan fingerprint density at radius 3 is 2.77 bits per heavy atom. The summed E-state index contributed by atoms with van der Waals surface area (Å²) in [6.45, 7) is 6.29. The maximum Gasteiger partial charge on any atom is 0.134 e. The highest BCUT2D eigenvalue weighted by molar-refractivity contribution is 5.82. The third kappa shape index (κ3) is 2.69. The molecule has 0 aromatic heterocycles. The van der Waals surface area contributed by atoms with Gasteiger partial charge in [-0.1, -0.05) is 6.07 Å². The molecule has 0 unspecified atom stereocenters. The fourth-order valence-electron chi connectivity index (χ4n) is 5.48. The van der Waals surface area contributed by atoms with Crippen LogP contribution in [0.2, 0.25) is 0 Å². The molecular formula is C22H31NO3. The van der Waals surface area contributed by atoms with Gasteiger partial charge in [0.05, 0.1) is 12.7 Å². The molecule has 1 saturated heterocycles. The number of aliphatic hydroxyl groups is 1. The zero-order valence-corrected chi connectivity index (χ0v) is 16.3. The van der Waals surface area contributed by atoms with E-state index in [-0.39, 0.29) is 11.8 Å². The lowest BCUT2D eigenvalue weighted by Gasteiger charge is -2.60. The molecule has 2 saturated carbocycles. The highest BCUT2D eigenvalue weighted by Crippen LogP contribution is 2.54. The quantitative estimate of drug-likeness (QED) is 0.899. The Balaban J connectivity index is 1.79. The number of ketones is 1. The minimum absolute atomic E-state index is 0.0653. The van der Waals surface area contributed by atoms with Crippen molar-refractivity contribution in [1.82, 2.24) is 4.90 Å². The number of nitrogens with zero attached hydrogens (tertiary/aromatic N) is 1. The molecule has 1 N–H and O–H groups in total. The first-order valence-corrected chi connectivity index (χ1v) is 10.0. The van der Waals surface area contributed by atoms with Gasteiger partial charge in [-0.3, -0.25) is 9.69 Å². The van der Waals surface area contributed by atoms with Crippen molar-refractivity contribution in [3.8, 4) is 5.75 Å². The van der Waals surface area contributed by atoms with E-state index in [1.807, 2.05) is 6.07 Å². The molecule has 0 radical (unpaired) electrons. The Kier molecular flexibility index (Phi) is 4.39. The van der Waals surface area contributed by atoms with Crippen LogP contribution in [0.15, 0.2) is 18.2 Å². The Labute approximate surface area is 156 Å². The number of methoxy groups -OCH3 is 1. The zero-order valence-electron chi connectivity index (χ0n) is 16.3. The first kappa shape index (κ1) is 18.0. The Bertz CT molecular complexity index is 713. The number of carbonyl (C=O) groups is 1. The van der Waals surface area contributed by atoms with E-state index in [4.69, 9.17) is 4.74 Å². The lowest BCUT2D eigenvalue weighted by atomic mass is 9.53. The average Bonchev–Trinajstić information content (AvgIpc) is 3.44. The van der Waals surface area contributed by atoms with Gasteiger partial charge in [-0.25, -0.2) is 0 Å². The van der Waals surface area contributed by atoms with E-state index >= 15 is 0 Å². The normalized spacial score (nSPS) is 35.2. The van der Waals surface area contributed by atoms with Crippen LogP contribution < -0.4 is 4.74 Å². The lowest BCUT2D eigenvalue weighted by molar-refractivity contribution is -0.164. The van der Waals surface area contributed by atoms with Gasteiger partial charge in [0.25, 0.3) is 0 Å². The molecule has 0 bridgehead atoms. The van der Waals surface area contributed by atoms with E-state index in [9.17, 15) is 9.90 Å². The van der Waals surface area contributed by atoms with Crippen LogP contribution >= 0.6 is 0 Å². The second kappa shape index (κ2) is 6.35. The number of ether oxygens (including phenoxy) is 1.